The van der Waals surface area contributed by atoms with Gasteiger partial charge in [-0.15, -0.1) is 22.7 Å². The van der Waals surface area contributed by atoms with Gasteiger partial charge in [0.25, 0.3) is 5.91 Å². The average Bonchev–Trinajstić information content (AvgIpc) is 3.38. The van der Waals surface area contributed by atoms with E-state index in [0.29, 0.717) is 11.5 Å². The number of hydrogen-bond donors (Lipinski definition) is 0. The van der Waals surface area contributed by atoms with Crippen LogP contribution < -0.4 is 0 Å². The summed E-state index contributed by atoms with van der Waals surface area (Å²) in [6.45, 7) is 0. The summed E-state index contributed by atoms with van der Waals surface area (Å²) in [4.78, 5) is 19.3. The lowest BCUT2D eigenvalue weighted by Gasteiger charge is -2.11. The zero-order valence-corrected chi connectivity index (χ0v) is 14.7. The van der Waals surface area contributed by atoms with Gasteiger partial charge in [0.2, 0.25) is 0 Å². The molecule has 6 heteroatoms. The maximum absolute atomic E-state index is 12.8. The van der Waals surface area contributed by atoms with E-state index in [2.05, 4.69) is 10.1 Å². The highest BCUT2D eigenvalue weighted by molar-refractivity contribution is 7.11. The molecule has 4 rings (SSSR count). The molecule has 0 N–H and O–H groups in total. The first-order valence-corrected chi connectivity index (χ1v) is 9.38. The Kier molecular flexibility index (Phi) is 4.37. The summed E-state index contributed by atoms with van der Waals surface area (Å²) in [6.07, 6.45) is 3.49. The van der Waals surface area contributed by atoms with Crippen LogP contribution in [0.3, 0.4) is 0 Å². The smallest absolute Gasteiger partial charge is 0.265 e. The van der Waals surface area contributed by atoms with Crippen molar-refractivity contribution in [2.24, 2.45) is 10.1 Å². The maximum atomic E-state index is 12.8. The van der Waals surface area contributed by atoms with E-state index in [1.807, 2.05) is 65.4 Å². The normalized spacial score (nSPS) is 16.2. The second kappa shape index (κ2) is 6.96. The number of amidine groups is 1. The number of thiophene rings is 2. The minimum Gasteiger partial charge on any atom is -0.265 e. The van der Waals surface area contributed by atoms with Gasteiger partial charge in [0.15, 0.2) is 5.84 Å². The second-order valence-electron chi connectivity index (χ2n) is 5.22. The third-order valence-electron chi connectivity index (χ3n) is 3.54. The number of hydrogen-bond acceptors (Lipinski definition) is 5. The van der Waals surface area contributed by atoms with E-state index in [-0.39, 0.29) is 5.91 Å². The van der Waals surface area contributed by atoms with Gasteiger partial charge >= 0.3 is 0 Å². The monoisotopic (exact) mass is 363 g/mol. The van der Waals surface area contributed by atoms with Crippen molar-refractivity contribution in [2.75, 3.05) is 0 Å². The molecule has 0 bridgehead atoms. The number of rotatable bonds is 4. The molecule has 0 fully saturated rings. The van der Waals surface area contributed by atoms with Crippen LogP contribution >= 0.6 is 22.7 Å². The van der Waals surface area contributed by atoms with Crippen LogP contribution in [-0.2, 0) is 4.79 Å². The summed E-state index contributed by atoms with van der Waals surface area (Å²) in [5.74, 6) is 0.321. The molecule has 0 saturated carbocycles. The third kappa shape index (κ3) is 3.35. The van der Waals surface area contributed by atoms with E-state index >= 15 is 0 Å². The van der Waals surface area contributed by atoms with E-state index < -0.39 is 0 Å². The van der Waals surface area contributed by atoms with E-state index in [9.17, 15) is 4.79 Å². The van der Waals surface area contributed by atoms with Gasteiger partial charge in [-0.3, -0.25) is 4.79 Å². The van der Waals surface area contributed by atoms with Gasteiger partial charge < -0.3 is 0 Å². The highest BCUT2D eigenvalue weighted by Crippen LogP contribution is 2.24. The Bertz CT molecular complexity index is 956. The third-order valence-corrected chi connectivity index (χ3v) is 5.16. The molecule has 25 heavy (non-hydrogen) atoms. The van der Waals surface area contributed by atoms with Crippen molar-refractivity contribution in [1.82, 2.24) is 5.01 Å². The lowest BCUT2D eigenvalue weighted by molar-refractivity contribution is -0.122. The molecule has 3 heterocycles. The maximum Gasteiger partial charge on any atom is 0.298 e. The Morgan fingerprint density at radius 2 is 1.64 bits per heavy atom. The van der Waals surface area contributed by atoms with Gasteiger partial charge in [0, 0.05) is 15.3 Å². The Morgan fingerprint density at radius 3 is 2.32 bits per heavy atom. The number of amides is 1. The van der Waals surface area contributed by atoms with Crippen LogP contribution in [0.5, 0.6) is 0 Å². The molecule has 0 aliphatic carbocycles. The molecule has 1 amide bonds. The molecule has 122 valence electrons. The summed E-state index contributed by atoms with van der Waals surface area (Å²) in [7, 11) is 0. The van der Waals surface area contributed by atoms with Crippen molar-refractivity contribution in [2.45, 2.75) is 0 Å². The van der Waals surface area contributed by atoms with E-state index in [1.54, 1.807) is 35.0 Å². The fourth-order valence-corrected chi connectivity index (χ4v) is 3.61. The number of aliphatic imine (C=N–C) groups is 1. The largest absolute Gasteiger partial charge is 0.298 e. The van der Waals surface area contributed by atoms with E-state index in [4.69, 9.17) is 0 Å². The van der Waals surface area contributed by atoms with Crippen LogP contribution in [0.25, 0.3) is 6.08 Å². The fraction of sp³-hybridized carbons (Fsp3) is 0. The Labute approximate surface area is 153 Å². The van der Waals surface area contributed by atoms with Crippen LogP contribution in [0.1, 0.15) is 15.3 Å². The Hall–Kier alpha value is -2.83. The first-order valence-electron chi connectivity index (χ1n) is 7.62. The SMILES string of the molecule is O=C1/C(=C/c2cccs2)N=C(c2ccccc2)N1/N=C/c1cccs1. The highest BCUT2D eigenvalue weighted by atomic mass is 32.1. The van der Waals surface area contributed by atoms with E-state index in [0.717, 1.165) is 15.3 Å². The molecule has 4 nitrogen and oxygen atoms in total. The summed E-state index contributed by atoms with van der Waals surface area (Å²) in [5, 5.41) is 9.70. The lowest BCUT2D eigenvalue weighted by atomic mass is 10.2. The molecule has 0 spiro atoms. The van der Waals surface area contributed by atoms with Gasteiger partial charge in [0.05, 0.1) is 6.21 Å². The first-order chi connectivity index (χ1) is 12.3. The van der Waals surface area contributed by atoms with Crippen molar-refractivity contribution >= 4 is 46.7 Å². The van der Waals surface area contributed by atoms with Crippen LogP contribution in [0.4, 0.5) is 0 Å². The van der Waals surface area contributed by atoms with Crippen molar-refractivity contribution < 1.29 is 4.79 Å². The molecule has 3 aromatic rings. The standard InChI is InChI=1S/C19H13N3OS2/c23-19-17(12-15-8-4-10-24-15)21-18(14-6-2-1-3-7-14)22(19)20-13-16-9-5-11-25-16/h1-13H/b17-12-,20-13+. The lowest BCUT2D eigenvalue weighted by Crippen LogP contribution is -2.27. The van der Waals surface area contributed by atoms with Crippen molar-refractivity contribution in [1.29, 1.82) is 0 Å². The Morgan fingerprint density at radius 1 is 0.920 bits per heavy atom. The molecule has 1 aliphatic rings. The number of carbonyl (C=O) groups excluding carboxylic acids is 1. The van der Waals surface area contributed by atoms with Gasteiger partial charge in [-0.2, -0.15) is 10.1 Å². The number of nitrogens with zero attached hydrogens (tertiary/aromatic N) is 3. The summed E-state index contributed by atoms with van der Waals surface area (Å²) >= 11 is 3.14. The van der Waals surface area contributed by atoms with E-state index in [1.165, 1.54) is 5.01 Å². The predicted octanol–water partition coefficient (Wildman–Crippen LogP) is 4.47. The molecular weight excluding hydrogens is 350 g/mol. The summed E-state index contributed by atoms with van der Waals surface area (Å²) in [5.41, 5.74) is 1.25. The predicted molar refractivity (Wildman–Crippen MR) is 104 cm³/mol. The first kappa shape index (κ1) is 15.7. The topological polar surface area (TPSA) is 45.0 Å². The molecule has 0 radical (unpaired) electrons. The quantitative estimate of drug-likeness (QED) is 0.498. The van der Waals surface area contributed by atoms with Crippen molar-refractivity contribution in [3.8, 4) is 0 Å². The number of hydrazone groups is 1. The molecule has 0 atom stereocenters. The molecule has 1 aromatic carbocycles. The summed E-state index contributed by atoms with van der Waals surface area (Å²) < 4.78 is 0. The Balaban J connectivity index is 1.73. The molecule has 0 unspecified atom stereocenters. The highest BCUT2D eigenvalue weighted by Gasteiger charge is 2.31. The zero-order chi connectivity index (χ0) is 17.1. The van der Waals surface area contributed by atoms with Crippen LogP contribution in [0.15, 0.2) is 81.1 Å². The summed E-state index contributed by atoms with van der Waals surface area (Å²) in [6, 6.07) is 17.4. The van der Waals surface area contributed by atoms with Crippen molar-refractivity contribution in [3.63, 3.8) is 0 Å². The van der Waals surface area contributed by atoms with Crippen LogP contribution in [0, 0.1) is 0 Å². The molecule has 1 aliphatic heterocycles. The van der Waals surface area contributed by atoms with Crippen LogP contribution in [-0.4, -0.2) is 23.0 Å². The van der Waals surface area contributed by atoms with Gasteiger partial charge in [-0.1, -0.05) is 42.5 Å². The van der Waals surface area contributed by atoms with Crippen LogP contribution in [0.2, 0.25) is 0 Å². The minimum atomic E-state index is -0.222. The van der Waals surface area contributed by atoms with Gasteiger partial charge in [-0.05, 0) is 29.0 Å². The minimum absolute atomic E-state index is 0.222. The van der Waals surface area contributed by atoms with Gasteiger partial charge in [0.1, 0.15) is 5.70 Å². The number of benzene rings is 1. The average molecular weight is 363 g/mol. The van der Waals surface area contributed by atoms with Gasteiger partial charge in [-0.25, -0.2) is 4.99 Å². The fourth-order valence-electron chi connectivity index (χ4n) is 2.38. The van der Waals surface area contributed by atoms with Crippen molar-refractivity contribution in [3.05, 3.63) is 86.4 Å². The second-order valence-corrected chi connectivity index (χ2v) is 7.18. The molecule has 0 saturated heterocycles. The molecule has 2 aromatic heterocycles. The number of carbonyl (C=O) groups is 1. The zero-order valence-electron chi connectivity index (χ0n) is 13.1. The molecular formula is C19H13N3OS2.